The number of carbonyl (C=O) groups is 1. The molecule has 2 heterocycles. The average Bonchev–Trinajstić information content (AvgIpc) is 3.08. The van der Waals surface area contributed by atoms with E-state index in [0.29, 0.717) is 12.3 Å². The molecule has 25 heavy (non-hydrogen) atoms. The van der Waals surface area contributed by atoms with E-state index in [0.717, 1.165) is 31.5 Å². The first-order valence-electron chi connectivity index (χ1n) is 9.10. The van der Waals surface area contributed by atoms with Gasteiger partial charge in [-0.05, 0) is 42.8 Å². The number of amides is 1. The van der Waals surface area contributed by atoms with Crippen LogP contribution in [0.3, 0.4) is 0 Å². The number of aromatic nitrogens is 1. The van der Waals surface area contributed by atoms with E-state index in [9.17, 15) is 4.79 Å². The minimum Gasteiger partial charge on any atom is -0.358 e. The van der Waals surface area contributed by atoms with Gasteiger partial charge in [-0.25, -0.2) is 0 Å². The Morgan fingerprint density at radius 1 is 1.16 bits per heavy atom. The fraction of sp³-hybridized carbons (Fsp3) is 0.318. The van der Waals surface area contributed by atoms with Crippen LogP contribution in [0.1, 0.15) is 35.6 Å². The fourth-order valence-electron chi connectivity index (χ4n) is 3.77. The smallest absolute Gasteiger partial charge is 0.227 e. The van der Waals surface area contributed by atoms with E-state index in [1.54, 1.807) is 0 Å². The van der Waals surface area contributed by atoms with E-state index < -0.39 is 0 Å². The lowest BCUT2D eigenvalue weighted by molar-refractivity contribution is -0.131. The summed E-state index contributed by atoms with van der Waals surface area (Å²) < 4.78 is 0. The van der Waals surface area contributed by atoms with Gasteiger partial charge in [0, 0.05) is 30.2 Å². The number of likely N-dealkylation sites (tertiary alicyclic amines) is 1. The van der Waals surface area contributed by atoms with Crippen LogP contribution in [0, 0.1) is 6.92 Å². The predicted octanol–water partition coefficient (Wildman–Crippen LogP) is 4.43. The summed E-state index contributed by atoms with van der Waals surface area (Å²) in [4.78, 5) is 18.3. The summed E-state index contributed by atoms with van der Waals surface area (Å²) in [5, 5.41) is 1.25. The lowest BCUT2D eigenvalue weighted by Gasteiger charge is -2.32. The number of aryl methyl sites for hydroxylation is 1. The first-order chi connectivity index (χ1) is 12.2. The Hall–Kier alpha value is -2.55. The molecule has 3 heteroatoms. The van der Waals surface area contributed by atoms with Gasteiger partial charge < -0.3 is 9.88 Å². The van der Waals surface area contributed by atoms with Crippen molar-refractivity contribution >= 4 is 16.8 Å². The van der Waals surface area contributed by atoms with Gasteiger partial charge in [0.2, 0.25) is 5.91 Å². The summed E-state index contributed by atoms with van der Waals surface area (Å²) in [5.41, 5.74) is 4.77. The van der Waals surface area contributed by atoms with Gasteiger partial charge in [-0.2, -0.15) is 0 Å². The Bertz CT molecular complexity index is 845. The third kappa shape index (κ3) is 3.46. The van der Waals surface area contributed by atoms with Crippen molar-refractivity contribution in [2.75, 3.05) is 13.1 Å². The van der Waals surface area contributed by atoms with E-state index in [4.69, 9.17) is 0 Å². The van der Waals surface area contributed by atoms with Crippen molar-refractivity contribution in [3.63, 3.8) is 0 Å². The third-order valence-electron chi connectivity index (χ3n) is 5.24. The molecule has 2 aromatic carbocycles. The minimum atomic E-state index is 0.240. The van der Waals surface area contributed by atoms with Crippen molar-refractivity contribution in [2.24, 2.45) is 0 Å². The van der Waals surface area contributed by atoms with Crippen LogP contribution < -0.4 is 0 Å². The van der Waals surface area contributed by atoms with Gasteiger partial charge in [-0.15, -0.1) is 0 Å². The summed E-state index contributed by atoms with van der Waals surface area (Å²) in [6, 6.07) is 18.9. The summed E-state index contributed by atoms with van der Waals surface area (Å²) in [6.07, 6.45) is 2.71. The molecule has 0 radical (unpaired) electrons. The van der Waals surface area contributed by atoms with E-state index >= 15 is 0 Å². The lowest BCUT2D eigenvalue weighted by atomic mass is 9.94. The van der Waals surface area contributed by atoms with Gasteiger partial charge in [0.25, 0.3) is 0 Å². The van der Waals surface area contributed by atoms with Crippen LogP contribution in [0.4, 0.5) is 0 Å². The number of nitrogens with zero attached hydrogens (tertiary/aromatic N) is 1. The second-order valence-corrected chi connectivity index (χ2v) is 7.15. The molecule has 1 saturated heterocycles. The van der Waals surface area contributed by atoms with Gasteiger partial charge in [-0.1, -0.05) is 48.0 Å². The molecule has 0 aliphatic carbocycles. The summed E-state index contributed by atoms with van der Waals surface area (Å²) in [6.45, 7) is 3.76. The zero-order chi connectivity index (χ0) is 17.2. The van der Waals surface area contributed by atoms with Gasteiger partial charge >= 0.3 is 0 Å². The average molecular weight is 332 g/mol. The molecule has 0 saturated carbocycles. The molecule has 128 valence electrons. The second kappa shape index (κ2) is 6.75. The number of aromatic amines is 1. The standard InChI is InChI=1S/C22H24N2O/c1-16-8-10-17(11-9-16)13-22(25)24-12-4-6-19(15-24)21-14-18-5-2-3-7-20(18)23-21/h2-3,5,7-11,14,19,23H,4,6,12-13,15H2,1H3. The van der Waals surface area contributed by atoms with Crippen molar-refractivity contribution in [1.29, 1.82) is 0 Å². The number of piperidine rings is 1. The van der Waals surface area contributed by atoms with Gasteiger partial charge in [0.15, 0.2) is 0 Å². The summed E-state index contributed by atoms with van der Waals surface area (Å²) in [5.74, 6) is 0.646. The normalized spacial score (nSPS) is 17.8. The molecule has 4 rings (SSSR count). The van der Waals surface area contributed by atoms with Gasteiger partial charge in [0.1, 0.15) is 0 Å². The van der Waals surface area contributed by atoms with Crippen LogP contribution in [0.25, 0.3) is 10.9 Å². The summed E-state index contributed by atoms with van der Waals surface area (Å²) >= 11 is 0. The van der Waals surface area contributed by atoms with E-state index in [-0.39, 0.29) is 5.91 Å². The van der Waals surface area contributed by atoms with Crippen LogP contribution in [0.2, 0.25) is 0 Å². The molecule has 1 unspecified atom stereocenters. The van der Waals surface area contributed by atoms with Crippen LogP contribution in [0.15, 0.2) is 54.6 Å². The highest BCUT2D eigenvalue weighted by Gasteiger charge is 2.25. The molecule has 0 spiro atoms. The maximum Gasteiger partial charge on any atom is 0.227 e. The zero-order valence-corrected chi connectivity index (χ0v) is 14.7. The Kier molecular flexibility index (Phi) is 4.31. The number of fused-ring (bicyclic) bond motifs is 1. The molecule has 1 N–H and O–H groups in total. The Balaban J connectivity index is 1.46. The Morgan fingerprint density at radius 2 is 1.96 bits per heavy atom. The van der Waals surface area contributed by atoms with Crippen molar-refractivity contribution in [3.05, 3.63) is 71.4 Å². The van der Waals surface area contributed by atoms with Crippen molar-refractivity contribution in [2.45, 2.75) is 32.1 Å². The molecule has 1 aliphatic heterocycles. The largest absolute Gasteiger partial charge is 0.358 e. The number of para-hydroxylation sites is 1. The highest BCUT2D eigenvalue weighted by Crippen LogP contribution is 2.29. The molecule has 1 aliphatic rings. The number of H-pyrrole nitrogens is 1. The number of nitrogens with one attached hydrogen (secondary N) is 1. The maximum atomic E-state index is 12.7. The van der Waals surface area contributed by atoms with E-state index in [2.05, 4.69) is 66.5 Å². The Labute approximate surface area is 148 Å². The number of hydrogen-bond donors (Lipinski definition) is 1. The molecule has 3 aromatic rings. The number of rotatable bonds is 3. The molecular formula is C22H24N2O. The molecule has 0 bridgehead atoms. The van der Waals surface area contributed by atoms with Crippen LogP contribution >= 0.6 is 0 Å². The van der Waals surface area contributed by atoms with Crippen LogP contribution in [0.5, 0.6) is 0 Å². The topological polar surface area (TPSA) is 36.1 Å². The highest BCUT2D eigenvalue weighted by atomic mass is 16.2. The summed E-state index contributed by atoms with van der Waals surface area (Å²) in [7, 11) is 0. The van der Waals surface area contributed by atoms with Gasteiger partial charge in [-0.3, -0.25) is 4.79 Å². The van der Waals surface area contributed by atoms with Crippen LogP contribution in [-0.4, -0.2) is 28.9 Å². The van der Waals surface area contributed by atoms with Crippen molar-refractivity contribution < 1.29 is 4.79 Å². The maximum absolute atomic E-state index is 12.7. The molecule has 1 aromatic heterocycles. The lowest BCUT2D eigenvalue weighted by Crippen LogP contribution is -2.40. The van der Waals surface area contributed by atoms with Crippen LogP contribution in [-0.2, 0) is 11.2 Å². The number of carbonyl (C=O) groups excluding carboxylic acids is 1. The first kappa shape index (κ1) is 15.9. The Morgan fingerprint density at radius 3 is 2.76 bits per heavy atom. The second-order valence-electron chi connectivity index (χ2n) is 7.15. The zero-order valence-electron chi connectivity index (χ0n) is 14.7. The highest BCUT2D eigenvalue weighted by molar-refractivity contribution is 5.81. The SMILES string of the molecule is Cc1ccc(CC(=O)N2CCCC(c3cc4ccccc4[nH]3)C2)cc1. The van der Waals surface area contributed by atoms with E-state index in [1.165, 1.54) is 22.2 Å². The third-order valence-corrected chi connectivity index (χ3v) is 5.24. The number of hydrogen-bond acceptors (Lipinski definition) is 1. The van der Waals surface area contributed by atoms with Gasteiger partial charge in [0.05, 0.1) is 6.42 Å². The quantitative estimate of drug-likeness (QED) is 0.757. The molecule has 1 fully saturated rings. The molecular weight excluding hydrogens is 308 g/mol. The molecule has 1 amide bonds. The molecule has 1 atom stereocenters. The number of benzene rings is 2. The first-order valence-corrected chi connectivity index (χ1v) is 9.10. The monoisotopic (exact) mass is 332 g/mol. The van der Waals surface area contributed by atoms with E-state index in [1.807, 2.05) is 4.90 Å². The van der Waals surface area contributed by atoms with Crippen molar-refractivity contribution in [3.8, 4) is 0 Å². The fourth-order valence-corrected chi connectivity index (χ4v) is 3.77. The molecule has 3 nitrogen and oxygen atoms in total. The predicted molar refractivity (Wildman–Crippen MR) is 102 cm³/mol. The van der Waals surface area contributed by atoms with Crippen molar-refractivity contribution in [1.82, 2.24) is 9.88 Å². The minimum absolute atomic E-state index is 0.240.